The van der Waals surface area contributed by atoms with Crippen molar-refractivity contribution in [2.45, 2.75) is 199 Å². The van der Waals surface area contributed by atoms with Gasteiger partial charge in [-0.15, -0.1) is 11.8 Å². The highest BCUT2D eigenvalue weighted by atomic mass is 32.2. The van der Waals surface area contributed by atoms with Crippen molar-refractivity contribution in [1.82, 2.24) is 56.5 Å². The van der Waals surface area contributed by atoms with Crippen molar-refractivity contribution in [1.29, 1.82) is 0 Å². The highest BCUT2D eigenvalue weighted by Gasteiger charge is 2.42. The summed E-state index contributed by atoms with van der Waals surface area (Å²) in [5.74, 6) is -17.1. The number of aromatic nitrogens is 1. The van der Waals surface area contributed by atoms with E-state index in [0.717, 1.165) is 27.6 Å². The predicted octanol–water partition coefficient (Wildman–Crippen LogP) is 7.86. The Kier molecular flexibility index (Phi) is 39.0. The number of aliphatic carboxylic acids is 1. The summed E-state index contributed by atoms with van der Waals surface area (Å²) in [6.45, 7) is 14.2. The van der Waals surface area contributed by atoms with Crippen molar-refractivity contribution in [2.75, 3.05) is 46.2 Å². The number of phenolic OH excluding ortho intramolecular Hbond substituents is 2. The number of H-pyrrole nitrogens is 1. The number of ketones is 3. The molecule has 0 aliphatic carbocycles. The number of primary amides is 1. The molecule has 12 atom stereocenters. The van der Waals surface area contributed by atoms with E-state index in [9.17, 15) is 44.1 Å². The number of hydrogen-bond acceptors (Lipinski definition) is 18. The van der Waals surface area contributed by atoms with E-state index in [1.54, 1.807) is 156 Å². The molecule has 1 saturated heterocycles. The molecule has 690 valence electrons. The molecule has 1 aliphatic heterocycles. The quantitative estimate of drug-likeness (QED) is 0.0256. The molecule has 1 aromatic heterocycles. The van der Waals surface area contributed by atoms with Crippen molar-refractivity contribution in [3.05, 3.63) is 216 Å². The first kappa shape index (κ1) is 102. The van der Waals surface area contributed by atoms with Gasteiger partial charge in [0.05, 0.1) is 42.9 Å². The summed E-state index contributed by atoms with van der Waals surface area (Å²) in [7, 11) is 5.48. The van der Waals surface area contributed by atoms with Crippen LogP contribution >= 0.6 is 11.8 Å². The SMILES string of the molecule is C=C1C(C)CC(=O)N[C@@H](Cc2c[nH]c3ccccc23)C(=O)C[C@@H](Cc2ccc(O)cc2)C(=O)N[C@@H](CC(C)C)C(=O)N[C@H](C(=O)CCC(N)=O)CSCC(=O)N[C@@H](Cc2ccccc2)C(=O)N(C)[C@@H](Cc2ccccc2)C(=O)N(C)[C@@H](CCCC)C(=O)N(C)CC(=O)N[C@@H](CC(=O)O)C(=O)C[C@@H](C(C)C)C(=O)N(C)[C@@H](Cc2ccccc2)C(=O)N[C@H]1Cc1ccc(O)cc1. The number of amides is 11. The molecule has 0 spiro atoms. The first-order valence-corrected chi connectivity index (χ1v) is 44.9. The zero-order valence-corrected chi connectivity index (χ0v) is 75.9. The van der Waals surface area contributed by atoms with Gasteiger partial charge in [-0.05, 0) is 107 Å². The average Bonchev–Trinajstić information content (AvgIpc) is 1.76. The first-order valence-electron chi connectivity index (χ1n) is 43.8. The van der Waals surface area contributed by atoms with Gasteiger partial charge in [0.15, 0.2) is 17.3 Å². The van der Waals surface area contributed by atoms with Gasteiger partial charge in [0, 0.05) is 121 Å². The minimum absolute atomic E-state index is 0.0161. The number of nitrogens with two attached hydrogens (primary N) is 1. The molecule has 0 bridgehead atoms. The van der Waals surface area contributed by atoms with Crippen LogP contribution in [-0.4, -0.2) is 229 Å². The number of carbonyl (C=O) groups is 15. The normalized spacial score (nSPS) is 22.6. The van der Waals surface area contributed by atoms with Gasteiger partial charge in [0.1, 0.15) is 41.7 Å². The van der Waals surface area contributed by atoms with E-state index in [1.165, 1.54) is 67.2 Å². The number of carboxylic acid groups (broad SMARTS) is 1. The lowest BCUT2D eigenvalue weighted by molar-refractivity contribution is -0.151. The number of benzene rings is 6. The second-order valence-electron chi connectivity index (χ2n) is 34.4. The molecule has 7 aromatic rings. The van der Waals surface area contributed by atoms with Gasteiger partial charge in [0.2, 0.25) is 65.0 Å². The number of carbonyl (C=O) groups excluding carboxylic acids is 14. The number of rotatable bonds is 24. The maximum absolute atomic E-state index is 15.6. The topological polar surface area (TPSA) is 444 Å². The van der Waals surface area contributed by atoms with E-state index in [-0.39, 0.29) is 81.0 Å². The fraction of sp³-hybridized carbons (Fsp3) is 0.439. The van der Waals surface area contributed by atoms with Crippen LogP contribution in [0.4, 0.5) is 0 Å². The van der Waals surface area contributed by atoms with Crippen LogP contribution in [0.5, 0.6) is 11.5 Å². The van der Waals surface area contributed by atoms with E-state index in [4.69, 9.17) is 5.73 Å². The molecule has 6 aromatic carbocycles. The van der Waals surface area contributed by atoms with E-state index in [1.807, 2.05) is 31.2 Å². The smallest absolute Gasteiger partial charge is 0.305 e. The van der Waals surface area contributed by atoms with Crippen molar-refractivity contribution in [3.63, 3.8) is 0 Å². The molecule has 31 heteroatoms. The van der Waals surface area contributed by atoms with E-state index in [2.05, 4.69) is 43.5 Å². The summed E-state index contributed by atoms with van der Waals surface area (Å²) in [5.41, 5.74) is 10.2. The van der Waals surface area contributed by atoms with E-state index in [0.29, 0.717) is 51.8 Å². The number of nitrogens with zero attached hydrogens (tertiary/aromatic N) is 4. The molecule has 0 saturated carbocycles. The second-order valence-corrected chi connectivity index (χ2v) is 35.4. The van der Waals surface area contributed by atoms with E-state index >= 15 is 43.2 Å². The number of Topliss-reactive ketones (excluding diaryl/α,β-unsaturated/α-hetero) is 3. The van der Waals surface area contributed by atoms with Crippen molar-refractivity contribution in [2.24, 2.45) is 35.3 Å². The molecule has 129 heavy (non-hydrogen) atoms. The highest BCUT2D eigenvalue weighted by molar-refractivity contribution is 8.00. The molecule has 8 rings (SSSR count). The number of nitrogens with one attached hydrogen (secondary N) is 7. The molecule has 1 unspecified atom stereocenters. The van der Waals surface area contributed by atoms with Gasteiger partial charge in [-0.3, -0.25) is 71.9 Å². The van der Waals surface area contributed by atoms with Crippen molar-refractivity contribution < 1.29 is 87.2 Å². The number of unbranched alkanes of at least 4 members (excludes halogenated alkanes) is 1. The third kappa shape index (κ3) is 31.0. The minimum atomic E-state index is -1.76. The van der Waals surface area contributed by atoms with Gasteiger partial charge in [-0.2, -0.15) is 0 Å². The van der Waals surface area contributed by atoms with Gasteiger partial charge >= 0.3 is 5.97 Å². The predicted molar refractivity (Wildman–Crippen MR) is 491 cm³/mol. The van der Waals surface area contributed by atoms with Crippen LogP contribution in [0.15, 0.2) is 182 Å². The van der Waals surface area contributed by atoms with Gasteiger partial charge < -0.3 is 77.5 Å². The molecule has 2 heterocycles. The number of likely N-dealkylation sites (N-methyl/N-ethyl adjacent to an activating group) is 4. The molecular formula is C98H124N12O18S. The third-order valence-electron chi connectivity index (χ3n) is 23.5. The lowest BCUT2D eigenvalue weighted by Gasteiger charge is -2.37. The standard InChI is InChI=1S/C98H124N12O18S/c1-12-13-33-81-97(127)107(8)56-89(118)102-77(54-91(120)121)86(115)53-73(60(4)5)95(125)109(10)82(49-64-27-19-15-20-28-64)94(124)104-75(47-67-36-40-71(112)41-37-67)62(7)61(6)45-88(117)101-76(51-69-55-100-74-32-24-23-31-72(69)74)85(114)52-68(46-66-34-38-70(111)39-35-66)92(122)105-78(44-59(2)3)93(123)106-80(84(113)42-43-87(99)116)57-129-58-90(119)103-79(48-63-25-17-14-18-26-63)96(126)110(11)83(98(128)108(81)9)50-65-29-21-16-22-30-65/h14-32,34-41,55,59-61,68,73,75-83,100,111-112H,7,12-13,33,42-54,56-58H2,1-6,8-11H3,(H2,99,116)(H,101,117)(H,102,118)(H,103,119)(H,104,124)(H,105,122)(H,106,123)(H,120,121)/t61?,68-,73+,75+,76+,77+,78+,79+,80+,81+,82+,83+/m1/s1. The van der Waals surface area contributed by atoms with Crippen molar-refractivity contribution in [3.8, 4) is 11.5 Å². The van der Waals surface area contributed by atoms with E-state index < -0.39 is 211 Å². The summed E-state index contributed by atoms with van der Waals surface area (Å²) in [6, 6.07) is 33.4. The molecule has 0 radical (unpaired) electrons. The first-order chi connectivity index (χ1) is 61.4. The summed E-state index contributed by atoms with van der Waals surface area (Å²) in [6.07, 6.45) is -1.12. The zero-order valence-electron chi connectivity index (χ0n) is 75.1. The third-order valence-corrected chi connectivity index (χ3v) is 24.6. The Morgan fingerprint density at radius 3 is 1.59 bits per heavy atom. The summed E-state index contributed by atoms with van der Waals surface area (Å²) in [5, 5.41) is 49.0. The van der Waals surface area contributed by atoms with Gasteiger partial charge in [-0.25, -0.2) is 0 Å². The molecule has 1 fully saturated rings. The lowest BCUT2D eigenvalue weighted by atomic mass is 9.86. The van der Waals surface area contributed by atoms with Crippen LogP contribution in [0.3, 0.4) is 0 Å². The number of phenols is 2. The average molecular weight is 1790 g/mol. The van der Waals surface area contributed by atoms with Crippen LogP contribution in [0.2, 0.25) is 0 Å². The highest BCUT2D eigenvalue weighted by Crippen LogP contribution is 2.29. The van der Waals surface area contributed by atoms with Crippen LogP contribution in [0.1, 0.15) is 139 Å². The zero-order chi connectivity index (χ0) is 94.3. The number of para-hydroxylation sites is 1. The monoisotopic (exact) mass is 1790 g/mol. The lowest BCUT2D eigenvalue weighted by Crippen LogP contribution is -2.59. The van der Waals surface area contributed by atoms with Crippen LogP contribution in [0, 0.1) is 29.6 Å². The molecule has 30 nitrogen and oxygen atoms in total. The maximum Gasteiger partial charge on any atom is 0.305 e. The summed E-state index contributed by atoms with van der Waals surface area (Å²) >= 11 is 0.897. The van der Waals surface area contributed by atoms with Crippen LogP contribution in [-0.2, 0) is 110 Å². The Morgan fingerprint density at radius 2 is 1.02 bits per heavy atom. The van der Waals surface area contributed by atoms with Crippen LogP contribution in [0.25, 0.3) is 10.9 Å². The summed E-state index contributed by atoms with van der Waals surface area (Å²) < 4.78 is 0. The fourth-order valence-electron chi connectivity index (χ4n) is 15.9. The van der Waals surface area contributed by atoms with Gasteiger partial charge in [0.25, 0.3) is 0 Å². The molecule has 12 N–H and O–H groups in total. The Labute approximate surface area is 757 Å². The Morgan fingerprint density at radius 1 is 0.504 bits per heavy atom. The van der Waals surface area contributed by atoms with Gasteiger partial charge in [-0.1, -0.05) is 200 Å². The summed E-state index contributed by atoms with van der Waals surface area (Å²) in [4.78, 5) is 229. The Hall–Kier alpha value is -12.8. The minimum Gasteiger partial charge on any atom is -0.508 e. The largest absolute Gasteiger partial charge is 0.508 e. The number of aromatic hydroxyl groups is 2. The fourth-order valence-corrected chi connectivity index (χ4v) is 16.8. The molecular weight excluding hydrogens is 1670 g/mol. The molecule has 11 amide bonds. The number of fused-ring (bicyclic) bond motifs is 1. The second kappa shape index (κ2) is 49.5. The number of hydrogen-bond donors (Lipinski definition) is 11. The number of carboxylic acids is 1. The van der Waals surface area contributed by atoms with Crippen LogP contribution < -0.4 is 37.6 Å². The Bertz CT molecular complexity index is 5050. The van der Waals surface area contributed by atoms with Crippen molar-refractivity contribution >= 4 is 111 Å². The number of aromatic amines is 1. The maximum atomic E-state index is 15.6. The number of thioether (sulfide) groups is 1. The Balaban J connectivity index is 1.21. The molecule has 1 aliphatic rings.